The third kappa shape index (κ3) is 4.33. The largest absolute Gasteiger partial charge is 0.376 e. The number of rotatable bonds is 6. The van der Waals surface area contributed by atoms with Crippen LogP contribution >= 0.6 is 0 Å². The number of pyridine rings is 2. The van der Waals surface area contributed by atoms with Crippen molar-refractivity contribution < 1.29 is 4.74 Å². The molecular formula is C20H23N5O. The van der Waals surface area contributed by atoms with E-state index in [-0.39, 0.29) is 0 Å². The minimum atomic E-state index is 0.413. The number of hydrogen-bond donors (Lipinski definition) is 0. The molecule has 26 heavy (non-hydrogen) atoms. The predicted octanol–water partition coefficient (Wildman–Crippen LogP) is 2.52. The fraction of sp³-hybridized carbons (Fsp3) is 0.350. The smallest absolute Gasteiger partial charge is 0.0948 e. The summed E-state index contributed by atoms with van der Waals surface area (Å²) >= 11 is 0. The van der Waals surface area contributed by atoms with E-state index in [0.717, 1.165) is 44.0 Å². The van der Waals surface area contributed by atoms with Gasteiger partial charge in [0.1, 0.15) is 0 Å². The van der Waals surface area contributed by atoms with Gasteiger partial charge in [-0.1, -0.05) is 6.07 Å². The molecule has 0 bridgehead atoms. The van der Waals surface area contributed by atoms with Crippen LogP contribution in [0.3, 0.4) is 0 Å². The Balaban J connectivity index is 1.40. The maximum Gasteiger partial charge on any atom is 0.0948 e. The van der Waals surface area contributed by atoms with Gasteiger partial charge in [0.05, 0.1) is 30.9 Å². The van der Waals surface area contributed by atoms with Crippen LogP contribution in [0.2, 0.25) is 0 Å². The summed E-state index contributed by atoms with van der Waals surface area (Å²) in [5.41, 5.74) is 3.50. The summed E-state index contributed by atoms with van der Waals surface area (Å²) in [6, 6.07) is 10.1. The molecule has 0 N–H and O–H groups in total. The summed E-state index contributed by atoms with van der Waals surface area (Å²) in [6.45, 7) is 4.98. The minimum absolute atomic E-state index is 0.413. The van der Waals surface area contributed by atoms with E-state index < -0.39 is 0 Å². The van der Waals surface area contributed by atoms with E-state index in [9.17, 15) is 0 Å². The molecule has 0 saturated heterocycles. The monoisotopic (exact) mass is 349 g/mol. The minimum Gasteiger partial charge on any atom is -0.376 e. The molecule has 0 unspecified atom stereocenters. The van der Waals surface area contributed by atoms with Crippen molar-refractivity contribution in [2.45, 2.75) is 26.2 Å². The van der Waals surface area contributed by atoms with Gasteiger partial charge in [0.2, 0.25) is 0 Å². The van der Waals surface area contributed by atoms with Crippen molar-refractivity contribution in [2.24, 2.45) is 5.92 Å². The number of nitrogens with zero attached hydrogens (tertiary/aromatic N) is 5. The Labute approximate surface area is 153 Å². The molecule has 134 valence electrons. The van der Waals surface area contributed by atoms with Gasteiger partial charge in [-0.15, -0.1) is 0 Å². The molecule has 0 amide bonds. The molecule has 0 spiro atoms. The zero-order valence-corrected chi connectivity index (χ0v) is 14.7. The molecule has 0 fully saturated rings. The van der Waals surface area contributed by atoms with Gasteiger partial charge in [-0.05, 0) is 29.8 Å². The quantitative estimate of drug-likeness (QED) is 0.684. The van der Waals surface area contributed by atoms with Crippen LogP contribution in [0.15, 0.2) is 61.4 Å². The standard InChI is InChI=1S/C20H23N5O/c1-2-6-23-19(3-1)12-24-10-18(11-25-16-22-9-20(25)13-24)15-26-14-17-4-7-21-8-5-17/h1-9,16,18H,10-15H2/t18-/m0/s1. The highest BCUT2D eigenvalue weighted by molar-refractivity contribution is 5.08. The van der Waals surface area contributed by atoms with Crippen molar-refractivity contribution in [1.29, 1.82) is 0 Å². The number of fused-ring (bicyclic) bond motifs is 1. The maximum absolute atomic E-state index is 6.00. The average molecular weight is 349 g/mol. The van der Waals surface area contributed by atoms with Crippen LogP contribution < -0.4 is 0 Å². The van der Waals surface area contributed by atoms with Gasteiger partial charge in [0, 0.05) is 56.9 Å². The van der Waals surface area contributed by atoms with Crippen molar-refractivity contribution in [1.82, 2.24) is 24.4 Å². The first kappa shape index (κ1) is 16.9. The highest BCUT2D eigenvalue weighted by atomic mass is 16.5. The van der Waals surface area contributed by atoms with Crippen LogP contribution in [0.25, 0.3) is 0 Å². The summed E-state index contributed by atoms with van der Waals surface area (Å²) in [5, 5.41) is 0. The highest BCUT2D eigenvalue weighted by Crippen LogP contribution is 2.18. The number of hydrogen-bond acceptors (Lipinski definition) is 5. The van der Waals surface area contributed by atoms with Gasteiger partial charge in [-0.3, -0.25) is 14.9 Å². The van der Waals surface area contributed by atoms with Gasteiger partial charge in [0.25, 0.3) is 0 Å². The molecule has 0 aromatic carbocycles. The molecule has 4 rings (SSSR count). The Morgan fingerprint density at radius 1 is 1.04 bits per heavy atom. The van der Waals surface area contributed by atoms with Gasteiger partial charge < -0.3 is 9.30 Å². The van der Waals surface area contributed by atoms with Crippen molar-refractivity contribution in [2.75, 3.05) is 13.2 Å². The summed E-state index contributed by atoms with van der Waals surface area (Å²) in [7, 11) is 0. The lowest BCUT2D eigenvalue weighted by atomic mass is 10.1. The summed E-state index contributed by atoms with van der Waals surface area (Å²) < 4.78 is 8.25. The first-order valence-electron chi connectivity index (χ1n) is 8.95. The zero-order valence-electron chi connectivity index (χ0n) is 14.7. The van der Waals surface area contributed by atoms with Crippen LogP contribution in [0.1, 0.15) is 17.0 Å². The van der Waals surface area contributed by atoms with Crippen molar-refractivity contribution in [3.63, 3.8) is 0 Å². The molecule has 3 aromatic rings. The maximum atomic E-state index is 6.00. The van der Waals surface area contributed by atoms with E-state index in [0.29, 0.717) is 12.5 Å². The van der Waals surface area contributed by atoms with Crippen molar-refractivity contribution >= 4 is 0 Å². The molecule has 3 aromatic heterocycles. The SMILES string of the molecule is c1ccc(CN2Cc3cncn3C[C@@H](COCc3ccncc3)C2)nc1. The second kappa shape index (κ2) is 8.21. The number of imidazole rings is 1. The molecule has 0 saturated carbocycles. The van der Waals surface area contributed by atoms with Crippen LogP contribution in [0.5, 0.6) is 0 Å². The molecule has 0 radical (unpaired) electrons. The number of ether oxygens (including phenoxy) is 1. The Kier molecular flexibility index (Phi) is 5.33. The third-order valence-electron chi connectivity index (χ3n) is 4.64. The van der Waals surface area contributed by atoms with Crippen molar-refractivity contribution in [3.05, 3.63) is 78.4 Å². The van der Waals surface area contributed by atoms with E-state index in [2.05, 4.69) is 30.5 Å². The van der Waals surface area contributed by atoms with E-state index in [1.807, 2.05) is 43.0 Å². The van der Waals surface area contributed by atoms with Gasteiger partial charge in [0.15, 0.2) is 0 Å². The molecule has 1 aliphatic rings. The van der Waals surface area contributed by atoms with Crippen LogP contribution in [-0.2, 0) is 31.0 Å². The first-order chi connectivity index (χ1) is 12.9. The van der Waals surface area contributed by atoms with E-state index in [4.69, 9.17) is 4.74 Å². The lowest BCUT2D eigenvalue weighted by Gasteiger charge is -2.23. The molecule has 6 heteroatoms. The van der Waals surface area contributed by atoms with Crippen LogP contribution in [0.4, 0.5) is 0 Å². The molecule has 0 aliphatic carbocycles. The van der Waals surface area contributed by atoms with Crippen LogP contribution in [-0.4, -0.2) is 37.6 Å². The summed E-state index contributed by atoms with van der Waals surface area (Å²) in [5.74, 6) is 0.413. The lowest BCUT2D eigenvalue weighted by Crippen LogP contribution is -2.30. The van der Waals surface area contributed by atoms with Gasteiger partial charge in [-0.2, -0.15) is 0 Å². The molecule has 1 atom stereocenters. The Bertz CT molecular complexity index is 805. The lowest BCUT2D eigenvalue weighted by molar-refractivity contribution is 0.0663. The highest BCUT2D eigenvalue weighted by Gasteiger charge is 2.22. The van der Waals surface area contributed by atoms with E-state index in [1.54, 1.807) is 12.4 Å². The van der Waals surface area contributed by atoms with Gasteiger partial charge in [-0.25, -0.2) is 4.98 Å². The molecule has 1 aliphatic heterocycles. The second-order valence-electron chi connectivity index (χ2n) is 6.76. The van der Waals surface area contributed by atoms with E-state index in [1.165, 1.54) is 5.69 Å². The zero-order chi connectivity index (χ0) is 17.6. The van der Waals surface area contributed by atoms with Crippen molar-refractivity contribution in [3.8, 4) is 0 Å². The molecule has 4 heterocycles. The fourth-order valence-electron chi connectivity index (χ4n) is 3.41. The topological polar surface area (TPSA) is 56.1 Å². The average Bonchev–Trinajstić information content (AvgIpc) is 3.03. The molecule has 6 nitrogen and oxygen atoms in total. The summed E-state index contributed by atoms with van der Waals surface area (Å²) in [6.07, 6.45) is 9.35. The normalized spacial score (nSPS) is 17.6. The molecular weight excluding hydrogens is 326 g/mol. The Morgan fingerprint density at radius 2 is 1.96 bits per heavy atom. The van der Waals surface area contributed by atoms with E-state index >= 15 is 0 Å². The Hall–Kier alpha value is -2.57. The summed E-state index contributed by atoms with van der Waals surface area (Å²) in [4.78, 5) is 15.3. The van der Waals surface area contributed by atoms with Crippen LogP contribution in [0, 0.1) is 5.92 Å². The first-order valence-corrected chi connectivity index (χ1v) is 8.95. The second-order valence-corrected chi connectivity index (χ2v) is 6.76. The third-order valence-corrected chi connectivity index (χ3v) is 4.64. The number of aromatic nitrogens is 4. The Morgan fingerprint density at radius 3 is 2.81 bits per heavy atom. The predicted molar refractivity (Wildman–Crippen MR) is 98.0 cm³/mol. The van der Waals surface area contributed by atoms with Gasteiger partial charge >= 0.3 is 0 Å². The fourth-order valence-corrected chi connectivity index (χ4v) is 3.41.